The van der Waals surface area contributed by atoms with E-state index in [9.17, 15) is 10.1 Å². The van der Waals surface area contributed by atoms with Gasteiger partial charge in [-0.3, -0.25) is 0 Å². The minimum atomic E-state index is -1.50. The van der Waals surface area contributed by atoms with Crippen molar-refractivity contribution in [2.45, 2.75) is 12.8 Å². The summed E-state index contributed by atoms with van der Waals surface area (Å²) in [4.78, 5) is 11.0. The summed E-state index contributed by atoms with van der Waals surface area (Å²) in [7, 11) is 0. The summed E-state index contributed by atoms with van der Waals surface area (Å²) < 4.78 is 1.84. The molecule has 0 saturated carbocycles. The van der Waals surface area contributed by atoms with E-state index in [0.717, 1.165) is 21.8 Å². The maximum absolute atomic E-state index is 11.0. The Hall–Kier alpha value is -1.12. The monoisotopic (exact) mass is 232 g/mol. The summed E-state index contributed by atoms with van der Waals surface area (Å²) in [6.45, 7) is 0. The zero-order valence-corrected chi connectivity index (χ0v) is 8.60. The third-order valence-corrected chi connectivity index (χ3v) is 4.56. The molecule has 0 aromatic rings. The Kier molecular flexibility index (Phi) is 2.66. The molecule has 4 heteroatoms. The van der Waals surface area contributed by atoms with Gasteiger partial charge in [0.2, 0.25) is 0 Å². The Morgan fingerprint density at radius 3 is 1.93 bits per heavy atom. The van der Waals surface area contributed by atoms with Crippen molar-refractivity contribution >= 4 is 0 Å². The zero-order chi connectivity index (χ0) is 9.97. The van der Waals surface area contributed by atoms with E-state index < -0.39 is 14.1 Å². The SMILES string of the molecule is O=[N+]([O-])[Fe]([C]1=CC=CC1)[C]1=CC=CC1. The molecular weight excluding hydrogens is 222 g/mol. The van der Waals surface area contributed by atoms with Gasteiger partial charge in [-0.15, -0.1) is 0 Å². The van der Waals surface area contributed by atoms with Crippen LogP contribution in [0.5, 0.6) is 0 Å². The molecule has 2 aliphatic rings. The van der Waals surface area contributed by atoms with Gasteiger partial charge in [-0.2, -0.15) is 0 Å². The summed E-state index contributed by atoms with van der Waals surface area (Å²) in [6.07, 6.45) is 13.0. The minimum absolute atomic E-state index is 0.113. The average Bonchev–Trinajstić information content (AvgIpc) is 2.75. The number of hydrogen-bond donors (Lipinski definition) is 0. The molecule has 0 radical (unpaired) electrons. The molecule has 0 fully saturated rings. The van der Waals surface area contributed by atoms with Crippen molar-refractivity contribution in [1.82, 2.24) is 0 Å². The van der Waals surface area contributed by atoms with Crippen LogP contribution in [0.25, 0.3) is 0 Å². The Balaban J connectivity index is 2.20. The molecule has 0 aromatic carbocycles. The van der Waals surface area contributed by atoms with Crippen LogP contribution < -0.4 is 0 Å². The summed E-state index contributed by atoms with van der Waals surface area (Å²) in [6, 6.07) is 0. The summed E-state index contributed by atoms with van der Waals surface area (Å²) in [5.41, 5.74) is 0. The molecule has 75 valence electrons. The molecular formula is C10H10FeNO2. The van der Waals surface area contributed by atoms with Gasteiger partial charge in [-0.1, -0.05) is 0 Å². The van der Waals surface area contributed by atoms with Crippen molar-refractivity contribution in [3.63, 3.8) is 0 Å². The fraction of sp³-hybridized carbons (Fsp3) is 0.200. The standard InChI is InChI=1S/2C5H5.Fe.NO2/c2*1-2-4-5-3-1;;2-1-3/h2*1-3H,4H2;;. The van der Waals surface area contributed by atoms with Crippen LogP contribution in [-0.4, -0.2) is 3.94 Å². The van der Waals surface area contributed by atoms with E-state index >= 15 is 0 Å². The van der Waals surface area contributed by atoms with Crippen LogP contribution in [0.1, 0.15) is 12.8 Å². The van der Waals surface area contributed by atoms with Gasteiger partial charge >= 0.3 is 86.4 Å². The van der Waals surface area contributed by atoms with Crippen molar-refractivity contribution < 1.29 is 18.1 Å². The number of nitrogens with zero attached hydrogens (tertiary/aromatic N) is 1. The summed E-state index contributed by atoms with van der Waals surface area (Å²) in [5.74, 6) is 0. The fourth-order valence-electron chi connectivity index (χ4n) is 1.39. The van der Waals surface area contributed by atoms with Crippen LogP contribution in [-0.2, 0) is 14.1 Å². The molecule has 0 bridgehead atoms. The van der Waals surface area contributed by atoms with E-state index in [1.807, 2.05) is 36.5 Å². The van der Waals surface area contributed by atoms with E-state index in [0.29, 0.717) is 0 Å². The number of allylic oxidation sites excluding steroid dienone is 8. The van der Waals surface area contributed by atoms with Crippen LogP contribution in [0.4, 0.5) is 0 Å². The van der Waals surface area contributed by atoms with E-state index in [1.54, 1.807) is 0 Å². The Morgan fingerprint density at radius 1 is 1.14 bits per heavy atom. The number of nitro groups is 1. The molecule has 0 spiro atoms. The number of hydrogen-bond acceptors (Lipinski definition) is 2. The van der Waals surface area contributed by atoms with Crippen LogP contribution in [0, 0.1) is 10.1 Å². The van der Waals surface area contributed by atoms with Crippen molar-refractivity contribution in [2.24, 2.45) is 0 Å². The Morgan fingerprint density at radius 2 is 1.64 bits per heavy atom. The molecule has 0 N–H and O–H groups in total. The van der Waals surface area contributed by atoms with Gasteiger partial charge in [-0.25, -0.2) is 0 Å². The van der Waals surface area contributed by atoms with Crippen LogP contribution in [0.15, 0.2) is 45.4 Å². The maximum atomic E-state index is 11.0. The van der Waals surface area contributed by atoms with Gasteiger partial charge in [-0.05, 0) is 0 Å². The quantitative estimate of drug-likeness (QED) is 0.426. The van der Waals surface area contributed by atoms with Gasteiger partial charge in [0.05, 0.1) is 0 Å². The molecule has 0 saturated heterocycles. The topological polar surface area (TPSA) is 43.1 Å². The van der Waals surface area contributed by atoms with Gasteiger partial charge in [0.25, 0.3) is 0 Å². The first-order valence-corrected chi connectivity index (χ1v) is 5.91. The molecule has 2 aliphatic carbocycles. The second kappa shape index (κ2) is 3.94. The van der Waals surface area contributed by atoms with Gasteiger partial charge in [0.1, 0.15) is 0 Å². The van der Waals surface area contributed by atoms with Crippen molar-refractivity contribution in [1.29, 1.82) is 0 Å². The molecule has 0 atom stereocenters. The summed E-state index contributed by atoms with van der Waals surface area (Å²) >= 11 is -1.50. The Bertz CT molecular complexity index is 350. The van der Waals surface area contributed by atoms with Crippen molar-refractivity contribution in [3.05, 3.63) is 55.5 Å². The van der Waals surface area contributed by atoms with E-state index in [-0.39, 0.29) is 3.94 Å². The first-order chi connectivity index (χ1) is 6.79. The normalized spacial score (nSPS) is 19.6. The molecule has 0 amide bonds. The second-order valence-electron chi connectivity index (χ2n) is 2.91. The van der Waals surface area contributed by atoms with Crippen LogP contribution in [0.3, 0.4) is 0 Å². The summed E-state index contributed by atoms with van der Waals surface area (Å²) in [5, 5.41) is 11.0. The van der Waals surface area contributed by atoms with Gasteiger partial charge < -0.3 is 0 Å². The van der Waals surface area contributed by atoms with Gasteiger partial charge in [0, 0.05) is 0 Å². The third kappa shape index (κ3) is 1.72. The molecule has 14 heavy (non-hydrogen) atoms. The average molecular weight is 232 g/mol. The van der Waals surface area contributed by atoms with E-state index in [1.165, 1.54) is 0 Å². The second-order valence-corrected chi connectivity index (χ2v) is 5.50. The number of rotatable bonds is 3. The molecule has 3 nitrogen and oxygen atoms in total. The molecule has 0 unspecified atom stereocenters. The first kappa shape index (κ1) is 9.44. The van der Waals surface area contributed by atoms with Crippen molar-refractivity contribution in [3.8, 4) is 0 Å². The van der Waals surface area contributed by atoms with Gasteiger partial charge in [0.15, 0.2) is 0 Å². The van der Waals surface area contributed by atoms with E-state index in [4.69, 9.17) is 0 Å². The molecule has 2 rings (SSSR count). The third-order valence-electron chi connectivity index (χ3n) is 1.99. The predicted octanol–water partition coefficient (Wildman–Crippen LogP) is 2.48. The predicted molar refractivity (Wildman–Crippen MR) is 50.7 cm³/mol. The molecule has 0 aromatic heterocycles. The van der Waals surface area contributed by atoms with E-state index in [2.05, 4.69) is 0 Å². The fourth-order valence-corrected chi connectivity index (χ4v) is 3.61. The molecule has 0 heterocycles. The van der Waals surface area contributed by atoms with Crippen molar-refractivity contribution in [2.75, 3.05) is 0 Å². The molecule has 0 aliphatic heterocycles. The zero-order valence-electron chi connectivity index (χ0n) is 7.50. The van der Waals surface area contributed by atoms with Crippen LogP contribution in [0.2, 0.25) is 0 Å². The first-order valence-electron chi connectivity index (χ1n) is 4.31. The Labute approximate surface area is 86.7 Å². The van der Waals surface area contributed by atoms with Crippen LogP contribution >= 0.6 is 0 Å².